The van der Waals surface area contributed by atoms with E-state index in [4.69, 9.17) is 9.47 Å². The van der Waals surface area contributed by atoms with Gasteiger partial charge in [-0.3, -0.25) is 9.52 Å². The van der Waals surface area contributed by atoms with Crippen molar-refractivity contribution in [1.82, 2.24) is 4.57 Å². The maximum Gasteiger partial charge on any atom is 0.279 e. The Bertz CT molecular complexity index is 1490. The minimum atomic E-state index is -3.77. The number of hydrogen-bond donors (Lipinski definition) is 1. The van der Waals surface area contributed by atoms with Crippen LogP contribution in [0.4, 0.5) is 5.69 Å². The monoisotopic (exact) mass is 483 g/mol. The first-order valence-corrected chi connectivity index (χ1v) is 12.1. The molecule has 0 radical (unpaired) electrons. The second-order valence-corrected chi connectivity index (χ2v) is 9.72. The Labute approximate surface area is 194 Å². The number of methoxy groups -OCH3 is 2. The van der Waals surface area contributed by atoms with Crippen LogP contribution in [-0.4, -0.2) is 33.1 Å². The number of amides is 1. The lowest BCUT2D eigenvalue weighted by Crippen LogP contribution is -2.14. The molecule has 0 aliphatic carbocycles. The number of nitrogens with zero attached hydrogens (tertiary/aromatic N) is 2. The molecule has 1 aromatic heterocycles. The Morgan fingerprint density at radius 3 is 2.30 bits per heavy atom. The van der Waals surface area contributed by atoms with E-state index in [9.17, 15) is 13.2 Å². The number of carbonyl (C=O) groups excluding carboxylic acids is 1. The summed E-state index contributed by atoms with van der Waals surface area (Å²) in [5, 5.41) is 0. The standard InChI is InChI=1S/C23H21N3O5S2/c1-26-21-19(31-3)5-4-6-20(21)32-23(26)24-22(27)15-7-9-16(10-8-15)25-33(28,29)18-13-11-17(30-2)12-14-18/h4-14,25H,1-3H3. The van der Waals surface area contributed by atoms with Gasteiger partial charge in [0.25, 0.3) is 15.9 Å². The van der Waals surface area contributed by atoms with Gasteiger partial charge >= 0.3 is 0 Å². The summed E-state index contributed by atoms with van der Waals surface area (Å²) < 4.78 is 40.9. The van der Waals surface area contributed by atoms with E-state index in [1.165, 1.54) is 54.8 Å². The number of benzene rings is 3. The fourth-order valence-electron chi connectivity index (χ4n) is 3.24. The minimum Gasteiger partial charge on any atom is -0.497 e. The summed E-state index contributed by atoms with van der Waals surface area (Å²) in [6.07, 6.45) is 0. The Morgan fingerprint density at radius 1 is 0.970 bits per heavy atom. The van der Waals surface area contributed by atoms with E-state index in [2.05, 4.69) is 9.71 Å². The van der Waals surface area contributed by atoms with Crippen molar-refractivity contribution < 1.29 is 22.7 Å². The van der Waals surface area contributed by atoms with E-state index < -0.39 is 15.9 Å². The van der Waals surface area contributed by atoms with Gasteiger partial charge in [-0.05, 0) is 60.7 Å². The van der Waals surface area contributed by atoms with Crippen LogP contribution in [0.2, 0.25) is 0 Å². The lowest BCUT2D eigenvalue weighted by atomic mass is 10.2. The Kier molecular flexibility index (Phi) is 6.21. The number of aryl methyl sites for hydroxylation is 1. The van der Waals surface area contributed by atoms with Crippen LogP contribution in [0.5, 0.6) is 11.5 Å². The number of thiazole rings is 1. The highest BCUT2D eigenvalue weighted by Gasteiger charge is 2.15. The van der Waals surface area contributed by atoms with E-state index in [-0.39, 0.29) is 4.90 Å². The van der Waals surface area contributed by atoms with E-state index in [1.54, 1.807) is 19.2 Å². The predicted molar refractivity (Wildman–Crippen MR) is 127 cm³/mol. The van der Waals surface area contributed by atoms with Crippen molar-refractivity contribution in [1.29, 1.82) is 0 Å². The zero-order valence-corrected chi connectivity index (χ0v) is 19.7. The zero-order valence-electron chi connectivity index (χ0n) is 18.1. The number of aromatic nitrogens is 1. The third-order valence-corrected chi connectivity index (χ3v) is 7.45. The van der Waals surface area contributed by atoms with Crippen LogP contribution in [0.15, 0.2) is 76.6 Å². The molecule has 1 amide bonds. The predicted octanol–water partition coefficient (Wildman–Crippen LogP) is 3.80. The van der Waals surface area contributed by atoms with Gasteiger partial charge in [0.1, 0.15) is 17.0 Å². The lowest BCUT2D eigenvalue weighted by Gasteiger charge is -2.09. The molecule has 0 aliphatic heterocycles. The molecular weight excluding hydrogens is 462 g/mol. The van der Waals surface area contributed by atoms with Gasteiger partial charge in [-0.1, -0.05) is 17.4 Å². The summed E-state index contributed by atoms with van der Waals surface area (Å²) in [6.45, 7) is 0. The smallest absolute Gasteiger partial charge is 0.279 e. The fraction of sp³-hybridized carbons (Fsp3) is 0.130. The molecule has 8 nitrogen and oxygen atoms in total. The van der Waals surface area contributed by atoms with Crippen molar-refractivity contribution in [2.24, 2.45) is 12.0 Å². The summed E-state index contributed by atoms with van der Waals surface area (Å²) in [5.74, 6) is 0.834. The van der Waals surface area contributed by atoms with Crippen molar-refractivity contribution in [3.05, 3.63) is 77.1 Å². The number of rotatable bonds is 6. The molecule has 4 rings (SSSR count). The second-order valence-electron chi connectivity index (χ2n) is 7.03. The van der Waals surface area contributed by atoms with Gasteiger partial charge in [0.15, 0.2) is 4.80 Å². The first kappa shape index (κ1) is 22.6. The van der Waals surface area contributed by atoms with Crippen LogP contribution in [0.3, 0.4) is 0 Å². The third-order valence-electron chi connectivity index (χ3n) is 4.96. The van der Waals surface area contributed by atoms with Gasteiger partial charge in [0.05, 0.1) is 23.8 Å². The summed E-state index contributed by atoms with van der Waals surface area (Å²) in [4.78, 5) is 17.6. The highest BCUT2D eigenvalue weighted by Crippen LogP contribution is 2.26. The number of para-hydroxylation sites is 1. The maximum atomic E-state index is 12.7. The normalized spacial score (nSPS) is 12.0. The lowest BCUT2D eigenvalue weighted by molar-refractivity contribution is 0.0998. The van der Waals surface area contributed by atoms with Crippen molar-refractivity contribution in [3.8, 4) is 11.5 Å². The molecular formula is C23H21N3O5S2. The molecule has 10 heteroatoms. The summed E-state index contributed by atoms with van der Waals surface area (Å²) in [5.41, 5.74) is 1.53. The van der Waals surface area contributed by atoms with Crippen LogP contribution in [-0.2, 0) is 17.1 Å². The van der Waals surface area contributed by atoms with Gasteiger partial charge in [-0.25, -0.2) is 8.42 Å². The molecule has 0 unspecified atom stereocenters. The van der Waals surface area contributed by atoms with Crippen molar-refractivity contribution in [3.63, 3.8) is 0 Å². The average molecular weight is 484 g/mol. The number of hydrogen-bond acceptors (Lipinski definition) is 6. The first-order chi connectivity index (χ1) is 15.8. The molecule has 0 saturated heterocycles. The number of sulfonamides is 1. The van der Waals surface area contributed by atoms with Crippen LogP contribution >= 0.6 is 11.3 Å². The van der Waals surface area contributed by atoms with Crippen LogP contribution in [0.25, 0.3) is 10.2 Å². The van der Waals surface area contributed by atoms with Gasteiger partial charge < -0.3 is 14.0 Å². The van der Waals surface area contributed by atoms with Crippen molar-refractivity contribution in [2.45, 2.75) is 4.90 Å². The van der Waals surface area contributed by atoms with Gasteiger partial charge in [0, 0.05) is 18.3 Å². The van der Waals surface area contributed by atoms with E-state index in [0.29, 0.717) is 27.6 Å². The van der Waals surface area contributed by atoms with Crippen LogP contribution in [0.1, 0.15) is 10.4 Å². The van der Waals surface area contributed by atoms with Crippen molar-refractivity contribution in [2.75, 3.05) is 18.9 Å². The quantitative estimate of drug-likeness (QED) is 0.450. The molecule has 3 aromatic carbocycles. The molecule has 33 heavy (non-hydrogen) atoms. The molecule has 170 valence electrons. The Morgan fingerprint density at radius 2 is 1.67 bits per heavy atom. The minimum absolute atomic E-state index is 0.103. The number of anilines is 1. The van der Waals surface area contributed by atoms with Gasteiger partial charge in [-0.15, -0.1) is 0 Å². The number of ether oxygens (including phenoxy) is 2. The molecule has 1 heterocycles. The third kappa shape index (κ3) is 4.62. The largest absolute Gasteiger partial charge is 0.497 e. The number of fused-ring (bicyclic) bond motifs is 1. The number of carbonyl (C=O) groups is 1. The molecule has 0 aliphatic rings. The Hall–Kier alpha value is -3.63. The van der Waals surface area contributed by atoms with E-state index in [1.807, 2.05) is 29.8 Å². The maximum absolute atomic E-state index is 12.7. The topological polar surface area (TPSA) is 99.0 Å². The van der Waals surface area contributed by atoms with E-state index >= 15 is 0 Å². The molecule has 0 saturated carbocycles. The molecule has 4 aromatic rings. The van der Waals surface area contributed by atoms with Crippen LogP contribution in [0, 0.1) is 0 Å². The average Bonchev–Trinajstić information content (AvgIpc) is 3.14. The summed E-state index contributed by atoms with van der Waals surface area (Å²) in [7, 11) is 1.15. The zero-order chi connectivity index (χ0) is 23.6. The van der Waals surface area contributed by atoms with Gasteiger partial charge in [0.2, 0.25) is 0 Å². The second kappa shape index (κ2) is 9.08. The molecule has 0 atom stereocenters. The SMILES string of the molecule is COc1ccc(S(=O)(=O)Nc2ccc(C(=O)N=c3sc4cccc(OC)c4n3C)cc2)cc1. The first-order valence-electron chi connectivity index (χ1n) is 9.81. The molecule has 0 bridgehead atoms. The van der Waals surface area contributed by atoms with Crippen LogP contribution < -0.4 is 19.0 Å². The van der Waals surface area contributed by atoms with E-state index in [0.717, 1.165) is 10.2 Å². The molecule has 0 spiro atoms. The molecule has 0 fully saturated rings. The highest BCUT2D eigenvalue weighted by atomic mass is 32.2. The van der Waals surface area contributed by atoms with Crippen molar-refractivity contribution >= 4 is 43.2 Å². The van der Waals surface area contributed by atoms with Gasteiger partial charge in [-0.2, -0.15) is 4.99 Å². The highest BCUT2D eigenvalue weighted by molar-refractivity contribution is 7.92. The fourth-order valence-corrected chi connectivity index (χ4v) is 5.33. The summed E-state index contributed by atoms with van der Waals surface area (Å²) in [6, 6.07) is 17.8. The summed E-state index contributed by atoms with van der Waals surface area (Å²) >= 11 is 1.38. The number of nitrogens with one attached hydrogen (secondary N) is 1. The molecule has 1 N–H and O–H groups in total. The Balaban J connectivity index is 1.56.